The second-order valence-electron chi connectivity index (χ2n) is 3.72. The summed E-state index contributed by atoms with van der Waals surface area (Å²) in [5.41, 5.74) is 1.24. The van der Waals surface area contributed by atoms with Gasteiger partial charge in [0.15, 0.2) is 0 Å². The van der Waals surface area contributed by atoms with Gasteiger partial charge in [0.25, 0.3) is 0 Å². The van der Waals surface area contributed by atoms with Gasteiger partial charge >= 0.3 is 0 Å². The highest BCUT2D eigenvalue weighted by atomic mass is 16.6. The van der Waals surface area contributed by atoms with Crippen molar-refractivity contribution in [2.45, 2.75) is 19.4 Å². The predicted octanol–water partition coefficient (Wildman–Crippen LogP) is 1.52. The van der Waals surface area contributed by atoms with Gasteiger partial charge in [-0.3, -0.25) is 0 Å². The molecule has 0 aliphatic carbocycles. The van der Waals surface area contributed by atoms with Crippen molar-refractivity contribution in [3.63, 3.8) is 0 Å². The molecule has 2 atom stereocenters. The highest BCUT2D eigenvalue weighted by Gasteiger charge is 2.24. The van der Waals surface area contributed by atoms with Gasteiger partial charge in [0, 0.05) is 5.92 Å². The molecule has 0 amide bonds. The fourth-order valence-electron chi connectivity index (χ4n) is 1.76. The van der Waals surface area contributed by atoms with E-state index in [2.05, 4.69) is 6.07 Å². The number of hydrogen-bond donors (Lipinski definition) is 1. The lowest BCUT2D eigenvalue weighted by atomic mass is 9.93. The smallest absolute Gasteiger partial charge is 0.122 e. The zero-order chi connectivity index (χ0) is 9.97. The molecule has 1 aromatic rings. The molecule has 76 valence electrons. The summed E-state index contributed by atoms with van der Waals surface area (Å²) in [5.74, 6) is 6.52. The van der Waals surface area contributed by atoms with E-state index in [1.54, 1.807) is 0 Å². The largest absolute Gasteiger partial charge is 0.493 e. The average molecular weight is 193 g/mol. The van der Waals surface area contributed by atoms with E-state index in [0.29, 0.717) is 12.5 Å². The normalized spacial score (nSPS) is 22.3. The lowest BCUT2D eigenvalue weighted by Gasteiger charge is -2.28. The monoisotopic (exact) mass is 193 g/mol. The summed E-state index contributed by atoms with van der Waals surface area (Å²) in [5, 5.41) is 0. The Bertz CT molecular complexity index is 314. The van der Waals surface area contributed by atoms with Gasteiger partial charge in [-0.05, 0) is 25.0 Å². The van der Waals surface area contributed by atoms with Gasteiger partial charge in [-0.15, -0.1) is 0 Å². The van der Waals surface area contributed by atoms with Crippen LogP contribution in [0.5, 0.6) is 5.75 Å². The average Bonchev–Trinajstić information content (AvgIpc) is 2.27. The van der Waals surface area contributed by atoms with E-state index in [1.807, 2.05) is 25.1 Å². The van der Waals surface area contributed by atoms with Crippen LogP contribution in [-0.4, -0.2) is 12.7 Å². The molecule has 1 aliphatic heterocycles. The second kappa shape index (κ2) is 3.98. The van der Waals surface area contributed by atoms with Gasteiger partial charge in [-0.1, -0.05) is 18.2 Å². The van der Waals surface area contributed by atoms with Crippen LogP contribution in [0.25, 0.3) is 0 Å². The van der Waals surface area contributed by atoms with E-state index in [1.165, 1.54) is 5.56 Å². The third-order valence-corrected chi connectivity index (χ3v) is 2.79. The summed E-state index contributed by atoms with van der Waals surface area (Å²) < 4.78 is 5.62. The van der Waals surface area contributed by atoms with Crippen molar-refractivity contribution >= 4 is 0 Å². The molecule has 0 fully saturated rings. The third kappa shape index (κ3) is 1.74. The van der Waals surface area contributed by atoms with Crippen LogP contribution in [0.3, 0.4) is 0 Å². The Morgan fingerprint density at radius 1 is 1.50 bits per heavy atom. The van der Waals surface area contributed by atoms with E-state index >= 15 is 0 Å². The van der Waals surface area contributed by atoms with Gasteiger partial charge < -0.3 is 9.57 Å². The molecular weight excluding hydrogens is 178 g/mol. The summed E-state index contributed by atoms with van der Waals surface area (Å²) in [4.78, 5) is 4.82. The van der Waals surface area contributed by atoms with Crippen LogP contribution >= 0.6 is 0 Å². The Balaban J connectivity index is 2.13. The highest BCUT2D eigenvalue weighted by Crippen LogP contribution is 2.28. The van der Waals surface area contributed by atoms with Crippen LogP contribution in [0.2, 0.25) is 0 Å². The fourth-order valence-corrected chi connectivity index (χ4v) is 1.76. The van der Waals surface area contributed by atoms with Crippen LogP contribution < -0.4 is 10.6 Å². The first-order chi connectivity index (χ1) is 6.81. The van der Waals surface area contributed by atoms with Crippen molar-refractivity contribution in [3.05, 3.63) is 29.8 Å². The highest BCUT2D eigenvalue weighted by molar-refractivity contribution is 5.35. The molecule has 0 radical (unpaired) electrons. The Morgan fingerprint density at radius 2 is 2.29 bits per heavy atom. The first-order valence-electron chi connectivity index (χ1n) is 4.87. The van der Waals surface area contributed by atoms with Crippen molar-refractivity contribution in [1.29, 1.82) is 0 Å². The number of hydrogen-bond acceptors (Lipinski definition) is 3. The van der Waals surface area contributed by atoms with Gasteiger partial charge in [-0.2, -0.15) is 0 Å². The standard InChI is InChI=1S/C11H15NO2/c1-8(14-12)10-6-9-4-2-3-5-11(9)13-7-10/h2-5,8,10H,6-7,12H2,1H3. The zero-order valence-corrected chi connectivity index (χ0v) is 8.27. The van der Waals surface area contributed by atoms with E-state index in [-0.39, 0.29) is 6.10 Å². The number of rotatable bonds is 2. The number of para-hydroxylation sites is 1. The number of fused-ring (bicyclic) bond motifs is 1. The van der Waals surface area contributed by atoms with Crippen molar-refractivity contribution < 1.29 is 9.57 Å². The van der Waals surface area contributed by atoms with Crippen LogP contribution in [0.4, 0.5) is 0 Å². The SMILES string of the molecule is CC(ON)C1COc2ccccc2C1. The van der Waals surface area contributed by atoms with Gasteiger partial charge in [-0.25, -0.2) is 5.90 Å². The Labute approximate surface area is 83.8 Å². The van der Waals surface area contributed by atoms with Crippen LogP contribution in [0.15, 0.2) is 24.3 Å². The van der Waals surface area contributed by atoms with E-state index in [9.17, 15) is 0 Å². The molecule has 3 heteroatoms. The summed E-state index contributed by atoms with van der Waals surface area (Å²) in [6.07, 6.45) is 1.03. The maximum atomic E-state index is 5.62. The molecule has 2 rings (SSSR count). The van der Waals surface area contributed by atoms with E-state index < -0.39 is 0 Å². The molecule has 0 aromatic heterocycles. The number of nitrogens with two attached hydrogens (primary N) is 1. The molecule has 2 N–H and O–H groups in total. The van der Waals surface area contributed by atoms with Gasteiger partial charge in [0.05, 0.1) is 12.7 Å². The molecule has 3 nitrogen and oxygen atoms in total. The molecular formula is C11H15NO2. The van der Waals surface area contributed by atoms with Crippen LogP contribution in [0.1, 0.15) is 12.5 Å². The summed E-state index contributed by atoms with van der Waals surface area (Å²) in [6, 6.07) is 8.10. The molecule has 14 heavy (non-hydrogen) atoms. The lowest BCUT2D eigenvalue weighted by molar-refractivity contribution is 0.00313. The summed E-state index contributed by atoms with van der Waals surface area (Å²) in [6.45, 7) is 2.66. The van der Waals surface area contributed by atoms with Gasteiger partial charge in [0.2, 0.25) is 0 Å². The molecule has 0 saturated heterocycles. The Hall–Kier alpha value is -1.06. The predicted molar refractivity (Wildman–Crippen MR) is 53.9 cm³/mol. The molecule has 1 heterocycles. The summed E-state index contributed by atoms with van der Waals surface area (Å²) >= 11 is 0. The Kier molecular flexibility index (Phi) is 2.70. The zero-order valence-electron chi connectivity index (χ0n) is 8.27. The Morgan fingerprint density at radius 3 is 3.07 bits per heavy atom. The van der Waals surface area contributed by atoms with Crippen molar-refractivity contribution in [1.82, 2.24) is 0 Å². The first kappa shape index (κ1) is 9.49. The van der Waals surface area contributed by atoms with Crippen LogP contribution in [0, 0.1) is 5.92 Å². The lowest BCUT2D eigenvalue weighted by Crippen LogP contribution is -2.33. The summed E-state index contributed by atoms with van der Waals surface area (Å²) in [7, 11) is 0. The molecule has 0 bridgehead atoms. The van der Waals surface area contributed by atoms with Gasteiger partial charge in [0.1, 0.15) is 5.75 Å². The maximum Gasteiger partial charge on any atom is 0.122 e. The minimum absolute atomic E-state index is 0.0448. The molecule has 0 spiro atoms. The molecule has 1 aromatic carbocycles. The minimum Gasteiger partial charge on any atom is -0.493 e. The second-order valence-corrected chi connectivity index (χ2v) is 3.72. The third-order valence-electron chi connectivity index (χ3n) is 2.79. The first-order valence-corrected chi connectivity index (χ1v) is 4.87. The fraction of sp³-hybridized carbons (Fsp3) is 0.455. The van der Waals surface area contributed by atoms with E-state index in [4.69, 9.17) is 15.5 Å². The van der Waals surface area contributed by atoms with E-state index in [0.717, 1.165) is 12.2 Å². The number of benzene rings is 1. The quantitative estimate of drug-likeness (QED) is 0.724. The maximum absolute atomic E-state index is 5.62. The molecule has 2 unspecified atom stereocenters. The van der Waals surface area contributed by atoms with Crippen molar-refractivity contribution in [2.24, 2.45) is 11.8 Å². The molecule has 0 saturated carbocycles. The molecule has 1 aliphatic rings. The van der Waals surface area contributed by atoms with Crippen molar-refractivity contribution in [2.75, 3.05) is 6.61 Å². The van der Waals surface area contributed by atoms with Crippen LogP contribution in [-0.2, 0) is 11.3 Å². The number of ether oxygens (including phenoxy) is 1. The minimum atomic E-state index is 0.0448. The van der Waals surface area contributed by atoms with Crippen molar-refractivity contribution in [3.8, 4) is 5.75 Å². The topological polar surface area (TPSA) is 44.5 Å².